The van der Waals surface area contributed by atoms with Gasteiger partial charge in [-0.1, -0.05) is 18.2 Å². The van der Waals surface area contributed by atoms with E-state index in [4.69, 9.17) is 9.47 Å². The molecule has 0 aliphatic carbocycles. The van der Waals surface area contributed by atoms with E-state index in [9.17, 15) is 0 Å². The van der Waals surface area contributed by atoms with Gasteiger partial charge in [0, 0.05) is 12.6 Å². The molecule has 1 aliphatic rings. The first-order valence-corrected chi connectivity index (χ1v) is 6.87. The Kier molecular flexibility index (Phi) is 5.49. The lowest BCUT2D eigenvalue weighted by molar-refractivity contribution is 0.0133. The van der Waals surface area contributed by atoms with E-state index in [1.807, 2.05) is 30.3 Å². The molecule has 1 aromatic carbocycles. The zero-order valence-corrected chi connectivity index (χ0v) is 11.1. The molecule has 0 saturated carbocycles. The molecule has 0 amide bonds. The van der Waals surface area contributed by atoms with Crippen molar-refractivity contribution in [1.29, 1.82) is 0 Å². The molecule has 2 rings (SSSR count). The van der Waals surface area contributed by atoms with Gasteiger partial charge in [0.25, 0.3) is 0 Å². The molecular weight excluding hydrogens is 226 g/mol. The molecule has 18 heavy (non-hydrogen) atoms. The Morgan fingerprint density at radius 2 is 2.17 bits per heavy atom. The molecule has 0 radical (unpaired) electrons. The summed E-state index contributed by atoms with van der Waals surface area (Å²) in [6.45, 7) is 4.83. The number of benzene rings is 1. The van der Waals surface area contributed by atoms with Gasteiger partial charge in [0.1, 0.15) is 5.75 Å². The smallest absolute Gasteiger partial charge is 0.119 e. The van der Waals surface area contributed by atoms with Crippen molar-refractivity contribution in [3.8, 4) is 5.75 Å². The Labute approximate surface area is 109 Å². The third-order valence-electron chi connectivity index (χ3n) is 3.25. The van der Waals surface area contributed by atoms with Crippen LogP contribution >= 0.6 is 0 Å². The number of hydrogen-bond donors (Lipinski definition) is 1. The highest BCUT2D eigenvalue weighted by Gasteiger charge is 2.18. The summed E-state index contributed by atoms with van der Waals surface area (Å²) in [5, 5.41) is 3.58. The summed E-state index contributed by atoms with van der Waals surface area (Å²) in [6.07, 6.45) is 3.70. The van der Waals surface area contributed by atoms with E-state index >= 15 is 0 Å². The molecule has 100 valence electrons. The highest BCUT2D eigenvalue weighted by Crippen LogP contribution is 2.13. The second kappa shape index (κ2) is 7.39. The molecule has 3 heteroatoms. The fraction of sp³-hybridized carbons (Fsp3) is 0.600. The molecule has 0 unspecified atom stereocenters. The predicted molar refractivity (Wildman–Crippen MR) is 73.0 cm³/mol. The van der Waals surface area contributed by atoms with Crippen molar-refractivity contribution in [2.75, 3.05) is 19.8 Å². The Balaban J connectivity index is 1.53. The van der Waals surface area contributed by atoms with Crippen molar-refractivity contribution < 1.29 is 9.47 Å². The average molecular weight is 249 g/mol. The molecule has 0 bridgehead atoms. The van der Waals surface area contributed by atoms with Gasteiger partial charge < -0.3 is 14.8 Å². The van der Waals surface area contributed by atoms with Gasteiger partial charge in [-0.3, -0.25) is 0 Å². The van der Waals surface area contributed by atoms with Crippen molar-refractivity contribution in [2.45, 2.75) is 38.3 Å². The van der Waals surface area contributed by atoms with Crippen LogP contribution in [-0.2, 0) is 4.74 Å². The van der Waals surface area contributed by atoms with Crippen LogP contribution in [0, 0.1) is 0 Å². The van der Waals surface area contributed by atoms with E-state index in [2.05, 4.69) is 12.2 Å². The lowest BCUT2D eigenvalue weighted by atomic mass is 10.0. The maximum Gasteiger partial charge on any atom is 0.119 e. The highest BCUT2D eigenvalue weighted by molar-refractivity contribution is 5.20. The lowest BCUT2D eigenvalue weighted by Gasteiger charge is -2.28. The van der Waals surface area contributed by atoms with Gasteiger partial charge in [0.05, 0.1) is 12.7 Å². The monoisotopic (exact) mass is 249 g/mol. The number of rotatable bonds is 6. The summed E-state index contributed by atoms with van der Waals surface area (Å²) in [7, 11) is 0. The second-order valence-electron chi connectivity index (χ2n) is 4.87. The second-order valence-corrected chi connectivity index (χ2v) is 4.87. The maximum absolute atomic E-state index is 5.65. The lowest BCUT2D eigenvalue weighted by Crippen LogP contribution is -2.38. The summed E-state index contributed by atoms with van der Waals surface area (Å²) in [6, 6.07) is 10.6. The summed E-state index contributed by atoms with van der Waals surface area (Å²) in [5.41, 5.74) is 0. The molecule has 1 aliphatic heterocycles. The van der Waals surface area contributed by atoms with Crippen LogP contribution in [0.5, 0.6) is 5.75 Å². The summed E-state index contributed by atoms with van der Waals surface area (Å²) >= 11 is 0. The topological polar surface area (TPSA) is 30.5 Å². The zero-order valence-electron chi connectivity index (χ0n) is 11.1. The van der Waals surface area contributed by atoms with Gasteiger partial charge in [0.15, 0.2) is 0 Å². The minimum absolute atomic E-state index is 0.400. The predicted octanol–water partition coefficient (Wildman–Crippen LogP) is 2.61. The van der Waals surface area contributed by atoms with Gasteiger partial charge >= 0.3 is 0 Å². The van der Waals surface area contributed by atoms with E-state index < -0.39 is 0 Å². The fourth-order valence-electron chi connectivity index (χ4n) is 2.27. The standard InChI is InChI=1S/C15H23NO2/c1-13-12-14(8-11-17-13)16-9-5-10-18-15-6-3-2-4-7-15/h2-4,6-7,13-14,16H,5,8-12H2,1H3/t13-,14+/m1/s1. The third-order valence-corrected chi connectivity index (χ3v) is 3.25. The molecule has 1 fully saturated rings. The van der Waals surface area contributed by atoms with E-state index in [1.54, 1.807) is 0 Å². The number of para-hydroxylation sites is 1. The van der Waals surface area contributed by atoms with Crippen LogP contribution < -0.4 is 10.1 Å². The van der Waals surface area contributed by atoms with E-state index in [0.29, 0.717) is 12.1 Å². The van der Waals surface area contributed by atoms with Crippen molar-refractivity contribution >= 4 is 0 Å². The van der Waals surface area contributed by atoms with E-state index in [-0.39, 0.29) is 0 Å². The minimum Gasteiger partial charge on any atom is -0.494 e. The van der Waals surface area contributed by atoms with Crippen molar-refractivity contribution in [3.05, 3.63) is 30.3 Å². The van der Waals surface area contributed by atoms with Gasteiger partial charge in [-0.2, -0.15) is 0 Å². The summed E-state index contributed by atoms with van der Waals surface area (Å²) < 4.78 is 11.2. The summed E-state index contributed by atoms with van der Waals surface area (Å²) in [4.78, 5) is 0. The van der Waals surface area contributed by atoms with Crippen LogP contribution in [0.3, 0.4) is 0 Å². The molecule has 1 N–H and O–H groups in total. The number of hydrogen-bond acceptors (Lipinski definition) is 3. The Morgan fingerprint density at radius 3 is 2.94 bits per heavy atom. The van der Waals surface area contributed by atoms with Crippen LogP contribution in [0.4, 0.5) is 0 Å². The molecule has 0 aromatic heterocycles. The highest BCUT2D eigenvalue weighted by atomic mass is 16.5. The first-order chi connectivity index (χ1) is 8.84. The van der Waals surface area contributed by atoms with Gasteiger partial charge in [-0.05, 0) is 44.9 Å². The fourth-order valence-corrected chi connectivity index (χ4v) is 2.27. The summed E-state index contributed by atoms with van der Waals surface area (Å²) in [5.74, 6) is 0.956. The average Bonchev–Trinajstić information content (AvgIpc) is 2.40. The SMILES string of the molecule is C[C@@H]1C[C@@H](NCCCOc2ccccc2)CCO1. The third kappa shape index (κ3) is 4.67. The van der Waals surface area contributed by atoms with Gasteiger partial charge in [-0.15, -0.1) is 0 Å². The quantitative estimate of drug-likeness (QED) is 0.786. The Hall–Kier alpha value is -1.06. The molecule has 1 aromatic rings. The van der Waals surface area contributed by atoms with Crippen LogP contribution in [0.1, 0.15) is 26.2 Å². The number of ether oxygens (including phenoxy) is 2. The van der Waals surface area contributed by atoms with Crippen molar-refractivity contribution in [3.63, 3.8) is 0 Å². The van der Waals surface area contributed by atoms with Crippen molar-refractivity contribution in [1.82, 2.24) is 5.32 Å². The molecule has 3 nitrogen and oxygen atoms in total. The Bertz CT molecular complexity index is 329. The normalized spacial score (nSPS) is 23.8. The molecular formula is C15H23NO2. The molecule has 2 atom stereocenters. The van der Waals surface area contributed by atoms with E-state index in [0.717, 1.165) is 44.8 Å². The number of nitrogens with one attached hydrogen (secondary N) is 1. The van der Waals surface area contributed by atoms with Gasteiger partial charge in [-0.25, -0.2) is 0 Å². The van der Waals surface area contributed by atoms with Crippen LogP contribution in [-0.4, -0.2) is 31.9 Å². The van der Waals surface area contributed by atoms with Crippen LogP contribution in [0.2, 0.25) is 0 Å². The largest absolute Gasteiger partial charge is 0.494 e. The first kappa shape index (κ1) is 13.4. The Morgan fingerprint density at radius 1 is 1.33 bits per heavy atom. The molecule has 1 heterocycles. The van der Waals surface area contributed by atoms with E-state index in [1.165, 1.54) is 0 Å². The molecule has 1 saturated heterocycles. The van der Waals surface area contributed by atoms with Crippen LogP contribution in [0.25, 0.3) is 0 Å². The van der Waals surface area contributed by atoms with Gasteiger partial charge in [0.2, 0.25) is 0 Å². The van der Waals surface area contributed by atoms with Crippen molar-refractivity contribution in [2.24, 2.45) is 0 Å². The zero-order chi connectivity index (χ0) is 12.6. The first-order valence-electron chi connectivity index (χ1n) is 6.87. The van der Waals surface area contributed by atoms with Crippen LogP contribution in [0.15, 0.2) is 30.3 Å². The minimum atomic E-state index is 0.400. The maximum atomic E-state index is 5.65. The molecule has 0 spiro atoms.